The lowest BCUT2D eigenvalue weighted by atomic mass is 10.0. The third-order valence-corrected chi connectivity index (χ3v) is 3.53. The maximum absolute atomic E-state index is 10.9. The monoisotopic (exact) mass is 273 g/mol. The first-order chi connectivity index (χ1) is 9.41. The topological polar surface area (TPSA) is 81.1 Å². The molecule has 1 unspecified atom stereocenters. The fourth-order valence-electron chi connectivity index (χ4n) is 2.31. The van der Waals surface area contributed by atoms with Gasteiger partial charge in [-0.3, -0.25) is 4.79 Å². The molecule has 0 aliphatic carbocycles. The van der Waals surface area contributed by atoms with E-state index in [2.05, 4.69) is 5.10 Å². The second kappa shape index (κ2) is 5.46. The maximum Gasteiger partial charge on any atom is 0.320 e. The molecular weight excluding hydrogens is 254 g/mol. The van der Waals surface area contributed by atoms with Crippen molar-refractivity contribution >= 4 is 5.97 Å². The highest BCUT2D eigenvalue weighted by molar-refractivity contribution is 5.73. The summed E-state index contributed by atoms with van der Waals surface area (Å²) in [4.78, 5) is 10.9. The van der Waals surface area contributed by atoms with Gasteiger partial charge in [-0.1, -0.05) is 18.2 Å². The van der Waals surface area contributed by atoms with Crippen LogP contribution >= 0.6 is 0 Å². The zero-order valence-electron chi connectivity index (χ0n) is 11.9. The molecule has 20 heavy (non-hydrogen) atoms. The molecule has 2 rings (SSSR count). The van der Waals surface area contributed by atoms with E-state index in [1.807, 2.05) is 49.7 Å². The molecular formula is C15H19N3O2. The molecule has 0 aliphatic heterocycles. The van der Waals surface area contributed by atoms with E-state index in [4.69, 9.17) is 10.8 Å². The molecule has 5 heteroatoms. The molecule has 3 N–H and O–H groups in total. The fraction of sp³-hybridized carbons (Fsp3) is 0.333. The van der Waals surface area contributed by atoms with Crippen LogP contribution in [0.25, 0.3) is 5.69 Å². The third-order valence-electron chi connectivity index (χ3n) is 3.53. The number of aromatic nitrogens is 2. The molecule has 106 valence electrons. The number of aryl methyl sites for hydroxylation is 2. The Morgan fingerprint density at radius 2 is 2.00 bits per heavy atom. The van der Waals surface area contributed by atoms with Gasteiger partial charge < -0.3 is 10.8 Å². The summed E-state index contributed by atoms with van der Waals surface area (Å²) in [7, 11) is 0. The molecule has 1 aromatic heterocycles. The van der Waals surface area contributed by atoms with E-state index in [-0.39, 0.29) is 0 Å². The van der Waals surface area contributed by atoms with Gasteiger partial charge in [-0.05, 0) is 38.0 Å². The summed E-state index contributed by atoms with van der Waals surface area (Å²) in [5.74, 6) is -0.993. The van der Waals surface area contributed by atoms with Crippen molar-refractivity contribution in [3.05, 3.63) is 46.8 Å². The predicted octanol–water partition coefficient (Wildman–Crippen LogP) is 1.75. The lowest BCUT2D eigenvalue weighted by molar-refractivity contribution is -0.138. The summed E-state index contributed by atoms with van der Waals surface area (Å²) >= 11 is 0. The average molecular weight is 273 g/mol. The molecule has 1 aromatic carbocycles. The van der Waals surface area contributed by atoms with Gasteiger partial charge >= 0.3 is 5.97 Å². The van der Waals surface area contributed by atoms with Gasteiger partial charge in [-0.15, -0.1) is 0 Å². The van der Waals surface area contributed by atoms with Gasteiger partial charge in [0.2, 0.25) is 0 Å². The maximum atomic E-state index is 10.9. The first-order valence-corrected chi connectivity index (χ1v) is 6.51. The van der Waals surface area contributed by atoms with Gasteiger partial charge in [0.1, 0.15) is 6.04 Å². The van der Waals surface area contributed by atoms with Crippen LogP contribution in [0, 0.1) is 20.8 Å². The Morgan fingerprint density at radius 3 is 2.60 bits per heavy atom. The highest BCUT2D eigenvalue weighted by atomic mass is 16.4. The average Bonchev–Trinajstić information content (AvgIpc) is 2.67. The Bertz CT molecular complexity index is 647. The van der Waals surface area contributed by atoms with Gasteiger partial charge in [0.05, 0.1) is 11.4 Å². The van der Waals surface area contributed by atoms with Crippen LogP contribution in [0.2, 0.25) is 0 Å². The normalized spacial score (nSPS) is 12.4. The van der Waals surface area contributed by atoms with E-state index in [0.717, 1.165) is 28.2 Å². The minimum atomic E-state index is -0.993. The summed E-state index contributed by atoms with van der Waals surface area (Å²) in [5.41, 5.74) is 10.4. The van der Waals surface area contributed by atoms with Crippen LogP contribution in [-0.4, -0.2) is 26.9 Å². The van der Waals surface area contributed by atoms with E-state index >= 15 is 0 Å². The van der Waals surface area contributed by atoms with Gasteiger partial charge in [0.15, 0.2) is 0 Å². The molecule has 2 aromatic rings. The number of rotatable bonds is 4. The number of carboxylic acids is 1. The molecule has 0 fully saturated rings. The predicted molar refractivity (Wildman–Crippen MR) is 77.1 cm³/mol. The van der Waals surface area contributed by atoms with Gasteiger partial charge in [-0.25, -0.2) is 4.68 Å². The number of carboxylic acid groups (broad SMARTS) is 1. The van der Waals surface area contributed by atoms with Crippen molar-refractivity contribution in [1.29, 1.82) is 0 Å². The number of hydrogen-bond donors (Lipinski definition) is 2. The number of nitrogens with zero attached hydrogens (tertiary/aromatic N) is 2. The highest BCUT2D eigenvalue weighted by Crippen LogP contribution is 2.21. The first kappa shape index (κ1) is 14.3. The zero-order chi connectivity index (χ0) is 14.9. The minimum absolute atomic E-state index is 0.291. The van der Waals surface area contributed by atoms with Gasteiger partial charge in [0.25, 0.3) is 0 Å². The van der Waals surface area contributed by atoms with Crippen LogP contribution in [0.3, 0.4) is 0 Å². The second-order valence-corrected chi connectivity index (χ2v) is 5.00. The SMILES string of the molecule is Cc1ccccc1-n1nc(C)c(CC(N)C(=O)O)c1C. The molecule has 0 bridgehead atoms. The minimum Gasteiger partial charge on any atom is -0.480 e. The van der Waals surface area contributed by atoms with Crippen LogP contribution in [0.1, 0.15) is 22.5 Å². The van der Waals surface area contributed by atoms with Crippen molar-refractivity contribution in [2.24, 2.45) is 5.73 Å². The number of para-hydroxylation sites is 1. The lowest BCUT2D eigenvalue weighted by Gasteiger charge is -2.09. The quantitative estimate of drug-likeness (QED) is 0.889. The largest absolute Gasteiger partial charge is 0.480 e. The molecule has 0 radical (unpaired) electrons. The third kappa shape index (κ3) is 2.58. The molecule has 1 heterocycles. The van der Waals surface area contributed by atoms with Crippen LogP contribution in [0.5, 0.6) is 0 Å². The Morgan fingerprint density at radius 1 is 1.35 bits per heavy atom. The van der Waals surface area contributed by atoms with Crippen molar-refractivity contribution in [2.75, 3.05) is 0 Å². The fourth-order valence-corrected chi connectivity index (χ4v) is 2.31. The van der Waals surface area contributed by atoms with E-state index < -0.39 is 12.0 Å². The van der Waals surface area contributed by atoms with E-state index in [1.165, 1.54) is 0 Å². The molecule has 0 spiro atoms. The first-order valence-electron chi connectivity index (χ1n) is 6.51. The standard InChI is InChI=1S/C15H19N3O2/c1-9-6-4-5-7-14(9)18-11(3)12(10(2)17-18)8-13(16)15(19)20/h4-7,13H,8,16H2,1-3H3,(H,19,20). The summed E-state index contributed by atoms with van der Waals surface area (Å²) < 4.78 is 1.86. The Labute approximate surface area is 118 Å². The van der Waals surface area contributed by atoms with Gasteiger partial charge in [0, 0.05) is 12.1 Å². The second-order valence-electron chi connectivity index (χ2n) is 5.00. The number of aliphatic carboxylic acids is 1. The number of nitrogens with two attached hydrogens (primary N) is 1. The van der Waals surface area contributed by atoms with Gasteiger partial charge in [-0.2, -0.15) is 5.10 Å². The number of benzene rings is 1. The van der Waals surface area contributed by atoms with Crippen LogP contribution in [-0.2, 0) is 11.2 Å². The molecule has 1 atom stereocenters. The summed E-state index contributed by atoms with van der Waals surface area (Å²) in [6.45, 7) is 5.84. The van der Waals surface area contributed by atoms with Crippen molar-refractivity contribution in [2.45, 2.75) is 33.2 Å². The van der Waals surface area contributed by atoms with E-state index in [9.17, 15) is 4.79 Å². The molecule has 0 saturated heterocycles. The molecule has 5 nitrogen and oxygen atoms in total. The summed E-state index contributed by atoms with van der Waals surface area (Å²) in [5, 5.41) is 13.5. The number of carbonyl (C=O) groups is 1. The summed E-state index contributed by atoms with van der Waals surface area (Å²) in [6.07, 6.45) is 0.291. The molecule has 0 aliphatic rings. The molecule has 0 amide bonds. The Hall–Kier alpha value is -2.14. The Balaban J connectivity index is 2.44. The zero-order valence-corrected chi connectivity index (χ0v) is 11.9. The highest BCUT2D eigenvalue weighted by Gasteiger charge is 2.19. The van der Waals surface area contributed by atoms with Crippen molar-refractivity contribution < 1.29 is 9.90 Å². The summed E-state index contributed by atoms with van der Waals surface area (Å²) in [6, 6.07) is 7.05. The van der Waals surface area contributed by atoms with Crippen LogP contribution in [0.15, 0.2) is 24.3 Å². The van der Waals surface area contributed by atoms with E-state index in [1.54, 1.807) is 0 Å². The van der Waals surface area contributed by atoms with Crippen molar-refractivity contribution in [3.63, 3.8) is 0 Å². The smallest absolute Gasteiger partial charge is 0.320 e. The Kier molecular flexibility index (Phi) is 3.90. The van der Waals surface area contributed by atoms with Crippen LogP contribution in [0.4, 0.5) is 0 Å². The lowest BCUT2D eigenvalue weighted by Crippen LogP contribution is -2.32. The number of hydrogen-bond acceptors (Lipinski definition) is 3. The van der Waals surface area contributed by atoms with Crippen molar-refractivity contribution in [3.8, 4) is 5.69 Å². The van der Waals surface area contributed by atoms with E-state index in [0.29, 0.717) is 6.42 Å². The molecule has 0 saturated carbocycles. The van der Waals surface area contributed by atoms with Crippen molar-refractivity contribution in [1.82, 2.24) is 9.78 Å². The van der Waals surface area contributed by atoms with Crippen LogP contribution < -0.4 is 5.73 Å².